The van der Waals surface area contributed by atoms with Crippen molar-refractivity contribution in [3.05, 3.63) is 45.4 Å². The summed E-state index contributed by atoms with van der Waals surface area (Å²) in [6.45, 7) is 7.40. The van der Waals surface area contributed by atoms with Crippen molar-refractivity contribution in [1.82, 2.24) is 9.88 Å². The normalized spacial score (nSPS) is 12.8. The van der Waals surface area contributed by atoms with Crippen LogP contribution in [0.3, 0.4) is 0 Å². The van der Waals surface area contributed by atoms with Gasteiger partial charge in [0.25, 0.3) is 0 Å². The van der Waals surface area contributed by atoms with Crippen LogP contribution in [0.1, 0.15) is 41.0 Å². The Balaban J connectivity index is 2.11. The SMILES string of the molecule is CCc1nc(C)c(C(C)N(C)Cc2cccc(N)c2)s1. The van der Waals surface area contributed by atoms with Crippen LogP contribution in [0, 0.1) is 6.92 Å². The standard InChI is InChI=1S/C16H23N3S/c1-5-15-18-11(2)16(20-15)12(3)19(4)10-13-7-6-8-14(17)9-13/h6-9,12H,5,10,17H2,1-4H3. The minimum atomic E-state index is 0.370. The number of nitrogen functional groups attached to an aromatic ring is 1. The Kier molecular flexibility index (Phi) is 4.78. The molecule has 4 heteroatoms. The maximum atomic E-state index is 5.84. The molecule has 0 spiro atoms. The molecule has 2 aromatic rings. The molecule has 0 saturated heterocycles. The van der Waals surface area contributed by atoms with Crippen molar-refractivity contribution in [3.63, 3.8) is 0 Å². The number of hydrogen-bond donors (Lipinski definition) is 1. The minimum absolute atomic E-state index is 0.370. The van der Waals surface area contributed by atoms with Gasteiger partial charge in [0.15, 0.2) is 0 Å². The predicted molar refractivity (Wildman–Crippen MR) is 87.0 cm³/mol. The van der Waals surface area contributed by atoms with Gasteiger partial charge in [0.05, 0.1) is 10.7 Å². The zero-order chi connectivity index (χ0) is 14.7. The lowest BCUT2D eigenvalue weighted by Crippen LogP contribution is -2.21. The molecule has 1 heterocycles. The van der Waals surface area contributed by atoms with Gasteiger partial charge in [0.1, 0.15) is 0 Å². The topological polar surface area (TPSA) is 42.2 Å². The van der Waals surface area contributed by atoms with E-state index < -0.39 is 0 Å². The third-order valence-corrected chi connectivity index (χ3v) is 5.07. The van der Waals surface area contributed by atoms with E-state index in [4.69, 9.17) is 5.73 Å². The zero-order valence-electron chi connectivity index (χ0n) is 12.7. The largest absolute Gasteiger partial charge is 0.399 e. The second-order valence-electron chi connectivity index (χ2n) is 5.25. The highest BCUT2D eigenvalue weighted by atomic mass is 32.1. The molecule has 1 aromatic heterocycles. The highest BCUT2D eigenvalue weighted by Crippen LogP contribution is 2.29. The van der Waals surface area contributed by atoms with Crippen LogP contribution >= 0.6 is 11.3 Å². The van der Waals surface area contributed by atoms with Gasteiger partial charge in [-0.3, -0.25) is 4.90 Å². The number of aromatic nitrogens is 1. The van der Waals surface area contributed by atoms with Gasteiger partial charge in [-0.15, -0.1) is 11.3 Å². The highest BCUT2D eigenvalue weighted by molar-refractivity contribution is 7.11. The molecule has 0 bridgehead atoms. The second-order valence-corrected chi connectivity index (χ2v) is 6.36. The predicted octanol–water partition coefficient (Wildman–Crippen LogP) is 3.79. The van der Waals surface area contributed by atoms with E-state index in [0.717, 1.165) is 18.7 Å². The van der Waals surface area contributed by atoms with Crippen molar-refractivity contribution in [2.24, 2.45) is 0 Å². The first-order valence-electron chi connectivity index (χ1n) is 7.02. The van der Waals surface area contributed by atoms with Crippen molar-refractivity contribution in [1.29, 1.82) is 0 Å². The molecular weight excluding hydrogens is 266 g/mol. The van der Waals surface area contributed by atoms with E-state index in [9.17, 15) is 0 Å². The van der Waals surface area contributed by atoms with Crippen LogP contribution in [0.25, 0.3) is 0 Å². The molecule has 0 aliphatic rings. The van der Waals surface area contributed by atoms with E-state index in [2.05, 4.69) is 43.8 Å². The molecule has 0 aliphatic carbocycles. The van der Waals surface area contributed by atoms with Gasteiger partial charge in [-0.2, -0.15) is 0 Å². The Morgan fingerprint density at radius 3 is 2.75 bits per heavy atom. The number of thiazole rings is 1. The summed E-state index contributed by atoms with van der Waals surface area (Å²) in [5.41, 5.74) is 9.08. The third kappa shape index (κ3) is 3.38. The van der Waals surface area contributed by atoms with Gasteiger partial charge >= 0.3 is 0 Å². The van der Waals surface area contributed by atoms with E-state index in [1.165, 1.54) is 21.1 Å². The maximum absolute atomic E-state index is 5.84. The number of nitrogens with two attached hydrogens (primary N) is 1. The van der Waals surface area contributed by atoms with E-state index in [-0.39, 0.29) is 0 Å². The van der Waals surface area contributed by atoms with Crippen molar-refractivity contribution >= 4 is 17.0 Å². The molecule has 2 rings (SSSR count). The Bertz CT molecular complexity index is 577. The molecule has 1 unspecified atom stereocenters. The summed E-state index contributed by atoms with van der Waals surface area (Å²) in [5.74, 6) is 0. The number of anilines is 1. The lowest BCUT2D eigenvalue weighted by atomic mass is 10.1. The molecule has 3 nitrogen and oxygen atoms in total. The van der Waals surface area contributed by atoms with Gasteiger partial charge in [-0.05, 0) is 45.0 Å². The summed E-state index contributed by atoms with van der Waals surface area (Å²) in [4.78, 5) is 8.34. The molecule has 0 amide bonds. The number of nitrogens with zero attached hydrogens (tertiary/aromatic N) is 2. The summed E-state index contributed by atoms with van der Waals surface area (Å²) in [7, 11) is 2.15. The van der Waals surface area contributed by atoms with Crippen LogP contribution in [-0.4, -0.2) is 16.9 Å². The highest BCUT2D eigenvalue weighted by Gasteiger charge is 2.18. The summed E-state index contributed by atoms with van der Waals surface area (Å²) in [6, 6.07) is 8.47. The monoisotopic (exact) mass is 289 g/mol. The lowest BCUT2D eigenvalue weighted by Gasteiger charge is -2.24. The molecule has 2 N–H and O–H groups in total. The van der Waals surface area contributed by atoms with Crippen molar-refractivity contribution < 1.29 is 0 Å². The average molecular weight is 289 g/mol. The molecule has 0 aliphatic heterocycles. The van der Waals surface area contributed by atoms with Crippen LogP contribution in [0.5, 0.6) is 0 Å². The minimum Gasteiger partial charge on any atom is -0.399 e. The molecule has 1 aromatic carbocycles. The van der Waals surface area contributed by atoms with E-state index in [1.54, 1.807) is 0 Å². The summed E-state index contributed by atoms with van der Waals surface area (Å²) in [6.07, 6.45) is 1.01. The van der Waals surface area contributed by atoms with Crippen molar-refractivity contribution in [3.8, 4) is 0 Å². The Labute approximate surface area is 125 Å². The fourth-order valence-corrected chi connectivity index (χ4v) is 3.45. The molecule has 0 fully saturated rings. The van der Waals surface area contributed by atoms with Gasteiger partial charge in [0.2, 0.25) is 0 Å². The number of benzene rings is 1. The summed E-state index contributed by atoms with van der Waals surface area (Å²) in [5, 5.41) is 1.22. The molecule has 0 saturated carbocycles. The van der Waals surface area contributed by atoms with Gasteiger partial charge in [-0.25, -0.2) is 4.98 Å². The van der Waals surface area contributed by atoms with Crippen molar-refractivity contribution in [2.45, 2.75) is 39.8 Å². The third-order valence-electron chi connectivity index (χ3n) is 3.60. The Morgan fingerprint density at radius 1 is 1.40 bits per heavy atom. The molecule has 108 valence electrons. The molecular formula is C16H23N3S. The van der Waals surface area contributed by atoms with Crippen LogP contribution in [0.15, 0.2) is 24.3 Å². The number of rotatable bonds is 5. The van der Waals surface area contributed by atoms with Crippen LogP contribution < -0.4 is 5.73 Å². The lowest BCUT2D eigenvalue weighted by molar-refractivity contribution is 0.255. The van der Waals surface area contributed by atoms with E-state index >= 15 is 0 Å². The Morgan fingerprint density at radius 2 is 2.15 bits per heavy atom. The zero-order valence-corrected chi connectivity index (χ0v) is 13.5. The van der Waals surface area contributed by atoms with Crippen LogP contribution in [0.2, 0.25) is 0 Å². The first-order valence-corrected chi connectivity index (χ1v) is 7.83. The van der Waals surface area contributed by atoms with Gasteiger partial charge < -0.3 is 5.73 Å². The quantitative estimate of drug-likeness (QED) is 0.852. The second kappa shape index (κ2) is 6.37. The molecule has 20 heavy (non-hydrogen) atoms. The van der Waals surface area contributed by atoms with Gasteiger partial charge in [-0.1, -0.05) is 19.1 Å². The first kappa shape index (κ1) is 15.0. The van der Waals surface area contributed by atoms with Crippen molar-refractivity contribution in [2.75, 3.05) is 12.8 Å². The van der Waals surface area contributed by atoms with Crippen LogP contribution in [0.4, 0.5) is 5.69 Å². The van der Waals surface area contributed by atoms with E-state index in [0.29, 0.717) is 6.04 Å². The Hall–Kier alpha value is -1.39. The fraction of sp³-hybridized carbons (Fsp3) is 0.438. The number of hydrogen-bond acceptors (Lipinski definition) is 4. The molecule has 0 radical (unpaired) electrons. The average Bonchev–Trinajstić information content (AvgIpc) is 2.79. The number of aryl methyl sites for hydroxylation is 2. The van der Waals surface area contributed by atoms with Gasteiger partial charge in [0, 0.05) is 23.2 Å². The first-order chi connectivity index (χ1) is 9.51. The summed E-state index contributed by atoms with van der Waals surface area (Å²) >= 11 is 1.83. The summed E-state index contributed by atoms with van der Waals surface area (Å²) < 4.78 is 0. The smallest absolute Gasteiger partial charge is 0.0928 e. The molecule has 1 atom stereocenters. The fourth-order valence-electron chi connectivity index (χ4n) is 2.32. The maximum Gasteiger partial charge on any atom is 0.0928 e. The van der Waals surface area contributed by atoms with Crippen LogP contribution in [-0.2, 0) is 13.0 Å². The van der Waals surface area contributed by atoms with E-state index in [1.807, 2.05) is 29.5 Å².